The zero-order valence-corrected chi connectivity index (χ0v) is 17.8. The summed E-state index contributed by atoms with van der Waals surface area (Å²) in [6.07, 6.45) is 4.98. The number of nitriles is 1. The molecule has 0 atom stereocenters. The van der Waals surface area contributed by atoms with Crippen LogP contribution in [-0.4, -0.2) is 57.9 Å². The van der Waals surface area contributed by atoms with Gasteiger partial charge in [0.05, 0.1) is 25.5 Å². The number of aromatic nitrogens is 3. The SMILES string of the molecule is COC(=O)c1cccn1C1CCN(CC(=O)Nc2c(C#N)cnn2-c2ccccc2)CC1. The number of nitrogens with zero attached hydrogens (tertiary/aromatic N) is 5. The fraction of sp³-hybridized carbons (Fsp3) is 0.304. The number of ether oxygens (including phenoxy) is 1. The van der Waals surface area contributed by atoms with Gasteiger partial charge >= 0.3 is 5.97 Å². The molecule has 1 saturated heterocycles. The fourth-order valence-electron chi connectivity index (χ4n) is 4.04. The molecule has 2 aromatic heterocycles. The van der Waals surface area contributed by atoms with Crippen molar-refractivity contribution in [2.24, 2.45) is 0 Å². The van der Waals surface area contributed by atoms with E-state index in [1.165, 1.54) is 13.3 Å². The molecule has 0 spiro atoms. The van der Waals surface area contributed by atoms with Crippen molar-refractivity contribution in [3.05, 3.63) is 66.1 Å². The third kappa shape index (κ3) is 4.40. The Morgan fingerprint density at radius 1 is 1.19 bits per heavy atom. The summed E-state index contributed by atoms with van der Waals surface area (Å²) in [5.41, 5.74) is 1.61. The van der Waals surface area contributed by atoms with Gasteiger partial charge in [0.15, 0.2) is 5.82 Å². The standard InChI is InChI=1S/C23H24N6O3/c1-32-23(31)20-8-5-11-28(20)18-9-12-27(13-10-18)16-21(30)26-22-17(14-24)15-25-29(22)19-6-3-2-4-7-19/h2-8,11,15,18H,9-10,12-13,16H2,1H3,(H,26,30). The fourth-order valence-corrected chi connectivity index (χ4v) is 4.04. The van der Waals surface area contributed by atoms with Gasteiger partial charge in [0.25, 0.3) is 0 Å². The summed E-state index contributed by atoms with van der Waals surface area (Å²) in [6, 6.07) is 15.2. The van der Waals surface area contributed by atoms with Gasteiger partial charge in [0.2, 0.25) is 5.91 Å². The van der Waals surface area contributed by atoms with Crippen LogP contribution in [0.5, 0.6) is 0 Å². The van der Waals surface area contributed by atoms with E-state index >= 15 is 0 Å². The van der Waals surface area contributed by atoms with Crippen molar-refractivity contribution < 1.29 is 14.3 Å². The van der Waals surface area contributed by atoms with E-state index in [-0.39, 0.29) is 24.5 Å². The molecule has 9 nitrogen and oxygen atoms in total. The number of carbonyl (C=O) groups is 2. The molecule has 3 aromatic rings. The Hall–Kier alpha value is -3.90. The zero-order chi connectivity index (χ0) is 22.5. The summed E-state index contributed by atoms with van der Waals surface area (Å²) in [6.45, 7) is 1.66. The van der Waals surface area contributed by atoms with Gasteiger partial charge in [-0.25, -0.2) is 9.48 Å². The minimum atomic E-state index is -0.347. The van der Waals surface area contributed by atoms with Crippen LogP contribution >= 0.6 is 0 Å². The predicted molar refractivity (Wildman–Crippen MR) is 117 cm³/mol. The first kappa shape index (κ1) is 21.3. The van der Waals surface area contributed by atoms with Crippen molar-refractivity contribution >= 4 is 17.7 Å². The predicted octanol–water partition coefficient (Wildman–Crippen LogP) is 2.61. The summed E-state index contributed by atoms with van der Waals surface area (Å²) in [4.78, 5) is 26.8. The van der Waals surface area contributed by atoms with Crippen LogP contribution < -0.4 is 5.32 Å². The molecule has 1 aliphatic heterocycles. The number of hydrogen-bond acceptors (Lipinski definition) is 6. The minimum Gasteiger partial charge on any atom is -0.464 e. The average molecular weight is 432 g/mol. The maximum absolute atomic E-state index is 12.8. The molecule has 1 N–H and O–H groups in total. The molecule has 1 amide bonds. The lowest BCUT2D eigenvalue weighted by molar-refractivity contribution is -0.117. The molecule has 1 aliphatic rings. The molecular weight excluding hydrogens is 408 g/mol. The van der Waals surface area contributed by atoms with Gasteiger partial charge in [-0.3, -0.25) is 9.69 Å². The van der Waals surface area contributed by atoms with Gasteiger partial charge in [-0.05, 0) is 37.1 Å². The maximum Gasteiger partial charge on any atom is 0.354 e. The highest BCUT2D eigenvalue weighted by molar-refractivity contribution is 5.93. The number of para-hydroxylation sites is 1. The first-order chi connectivity index (χ1) is 15.6. The number of amides is 1. The second kappa shape index (κ2) is 9.49. The zero-order valence-electron chi connectivity index (χ0n) is 17.8. The second-order valence-electron chi connectivity index (χ2n) is 7.61. The summed E-state index contributed by atoms with van der Waals surface area (Å²) < 4.78 is 8.37. The van der Waals surface area contributed by atoms with Crippen molar-refractivity contribution in [1.82, 2.24) is 19.2 Å². The van der Waals surface area contributed by atoms with E-state index in [2.05, 4.69) is 21.4 Å². The Kier molecular flexibility index (Phi) is 6.33. The molecule has 3 heterocycles. The van der Waals surface area contributed by atoms with Crippen LogP contribution in [0.3, 0.4) is 0 Å². The van der Waals surface area contributed by atoms with Gasteiger partial charge in [-0.2, -0.15) is 10.4 Å². The normalized spacial score (nSPS) is 14.6. The van der Waals surface area contributed by atoms with Crippen molar-refractivity contribution in [2.75, 3.05) is 32.1 Å². The Labute approximate surface area is 185 Å². The molecule has 1 aromatic carbocycles. The van der Waals surface area contributed by atoms with Crippen LogP contribution in [-0.2, 0) is 9.53 Å². The monoisotopic (exact) mass is 432 g/mol. The summed E-state index contributed by atoms with van der Waals surface area (Å²) in [7, 11) is 1.38. The highest BCUT2D eigenvalue weighted by atomic mass is 16.5. The van der Waals surface area contributed by atoms with Crippen LogP contribution in [0.15, 0.2) is 54.9 Å². The Morgan fingerprint density at radius 2 is 1.94 bits per heavy atom. The Morgan fingerprint density at radius 3 is 2.62 bits per heavy atom. The molecular formula is C23H24N6O3. The summed E-state index contributed by atoms with van der Waals surface area (Å²) >= 11 is 0. The molecule has 164 valence electrons. The smallest absolute Gasteiger partial charge is 0.354 e. The van der Waals surface area contributed by atoms with Gasteiger partial charge in [0, 0.05) is 25.3 Å². The van der Waals surface area contributed by atoms with E-state index in [4.69, 9.17) is 4.74 Å². The van der Waals surface area contributed by atoms with E-state index < -0.39 is 0 Å². The number of rotatable bonds is 6. The van der Waals surface area contributed by atoms with E-state index in [0.29, 0.717) is 17.1 Å². The van der Waals surface area contributed by atoms with Crippen molar-refractivity contribution in [2.45, 2.75) is 18.9 Å². The summed E-state index contributed by atoms with van der Waals surface area (Å²) in [5.74, 6) is -0.178. The topological polar surface area (TPSA) is 105 Å². The lowest BCUT2D eigenvalue weighted by Gasteiger charge is -2.32. The first-order valence-corrected chi connectivity index (χ1v) is 10.4. The Balaban J connectivity index is 1.38. The Bertz CT molecular complexity index is 1140. The summed E-state index contributed by atoms with van der Waals surface area (Å²) in [5, 5.41) is 16.5. The van der Waals surface area contributed by atoms with Crippen LogP contribution in [0, 0.1) is 11.3 Å². The van der Waals surface area contributed by atoms with E-state index in [1.807, 2.05) is 47.2 Å². The lowest BCUT2D eigenvalue weighted by Crippen LogP contribution is -2.40. The molecule has 1 fully saturated rings. The number of benzene rings is 1. The van der Waals surface area contributed by atoms with E-state index in [9.17, 15) is 14.9 Å². The number of methoxy groups -OCH3 is 1. The number of hydrogen-bond donors (Lipinski definition) is 1. The van der Waals surface area contributed by atoms with Crippen molar-refractivity contribution in [3.8, 4) is 11.8 Å². The number of piperidine rings is 1. The molecule has 0 bridgehead atoms. The highest BCUT2D eigenvalue weighted by Crippen LogP contribution is 2.25. The van der Waals surface area contributed by atoms with Gasteiger partial charge in [-0.15, -0.1) is 0 Å². The molecule has 0 saturated carbocycles. The number of carbonyl (C=O) groups excluding carboxylic acids is 2. The third-order valence-corrected chi connectivity index (χ3v) is 5.64. The van der Waals surface area contributed by atoms with Crippen LogP contribution in [0.25, 0.3) is 5.69 Å². The quantitative estimate of drug-likeness (QED) is 0.601. The maximum atomic E-state index is 12.8. The average Bonchev–Trinajstić information content (AvgIpc) is 3.47. The molecule has 0 unspecified atom stereocenters. The van der Waals surface area contributed by atoms with E-state index in [1.54, 1.807) is 10.7 Å². The molecule has 32 heavy (non-hydrogen) atoms. The van der Waals surface area contributed by atoms with E-state index in [0.717, 1.165) is 31.6 Å². The van der Waals surface area contributed by atoms with Crippen LogP contribution in [0.2, 0.25) is 0 Å². The molecule has 0 radical (unpaired) electrons. The van der Waals surface area contributed by atoms with Crippen LogP contribution in [0.4, 0.5) is 5.82 Å². The number of nitrogens with one attached hydrogen (secondary N) is 1. The molecule has 0 aliphatic carbocycles. The highest BCUT2D eigenvalue weighted by Gasteiger charge is 2.25. The number of likely N-dealkylation sites (tertiary alicyclic amines) is 1. The van der Waals surface area contributed by atoms with Crippen molar-refractivity contribution in [3.63, 3.8) is 0 Å². The van der Waals surface area contributed by atoms with Gasteiger partial charge in [0.1, 0.15) is 17.3 Å². The second-order valence-corrected chi connectivity index (χ2v) is 7.61. The lowest BCUT2D eigenvalue weighted by atomic mass is 10.0. The largest absolute Gasteiger partial charge is 0.464 e. The minimum absolute atomic E-state index is 0.183. The third-order valence-electron chi connectivity index (χ3n) is 5.64. The van der Waals surface area contributed by atoms with Crippen LogP contribution in [0.1, 0.15) is 34.9 Å². The van der Waals surface area contributed by atoms with Gasteiger partial charge < -0.3 is 14.6 Å². The first-order valence-electron chi connectivity index (χ1n) is 10.4. The molecule has 9 heteroatoms. The molecule has 4 rings (SSSR count). The number of esters is 1. The van der Waals surface area contributed by atoms with Crippen molar-refractivity contribution in [1.29, 1.82) is 5.26 Å². The number of anilines is 1. The van der Waals surface area contributed by atoms with Gasteiger partial charge in [-0.1, -0.05) is 18.2 Å².